The Morgan fingerprint density at radius 1 is 1.33 bits per heavy atom. The molecule has 1 aromatic carbocycles. The van der Waals surface area contributed by atoms with Gasteiger partial charge in [-0.25, -0.2) is 4.98 Å². The van der Waals surface area contributed by atoms with Gasteiger partial charge in [-0.3, -0.25) is 0 Å². The smallest absolute Gasteiger partial charge is 0.383 e. The Morgan fingerprint density at radius 3 is 2.80 bits per heavy atom. The van der Waals surface area contributed by atoms with E-state index in [4.69, 9.17) is 4.74 Å². The van der Waals surface area contributed by atoms with Crippen molar-refractivity contribution in [2.75, 3.05) is 25.2 Å². The summed E-state index contributed by atoms with van der Waals surface area (Å²) in [6.07, 6.45) is 2.55. The van der Waals surface area contributed by atoms with E-state index in [0.29, 0.717) is 19.7 Å². The molecule has 1 fully saturated rings. The molecule has 0 radical (unpaired) electrons. The number of nitriles is 1. The topological polar surface area (TPSA) is 54.1 Å². The first-order valence-corrected chi connectivity index (χ1v) is 10.3. The third-order valence-electron chi connectivity index (χ3n) is 5.88. The quantitative estimate of drug-likeness (QED) is 0.634. The third-order valence-corrected chi connectivity index (χ3v) is 5.88. The van der Waals surface area contributed by atoms with Gasteiger partial charge in [0, 0.05) is 44.0 Å². The van der Waals surface area contributed by atoms with Crippen molar-refractivity contribution in [1.29, 1.82) is 5.26 Å². The number of aromatic nitrogens is 2. The van der Waals surface area contributed by atoms with E-state index in [0.717, 1.165) is 31.4 Å². The van der Waals surface area contributed by atoms with Crippen LogP contribution in [0, 0.1) is 11.3 Å². The molecule has 2 atom stereocenters. The zero-order valence-corrected chi connectivity index (χ0v) is 17.3. The van der Waals surface area contributed by atoms with E-state index in [9.17, 15) is 18.4 Å². The number of hydrogen-bond donors (Lipinski definition) is 0. The molecule has 1 saturated carbocycles. The van der Waals surface area contributed by atoms with Gasteiger partial charge < -0.3 is 14.2 Å². The molecule has 0 bridgehead atoms. The van der Waals surface area contributed by atoms with Crippen molar-refractivity contribution < 1.29 is 17.9 Å². The molecule has 2 aromatic rings. The molecule has 1 aliphatic rings. The van der Waals surface area contributed by atoms with Gasteiger partial charge in [-0.05, 0) is 38.3 Å². The van der Waals surface area contributed by atoms with Crippen LogP contribution in [0.5, 0.6) is 0 Å². The minimum absolute atomic E-state index is 0.0328. The fourth-order valence-electron chi connectivity index (χ4n) is 4.56. The second-order valence-corrected chi connectivity index (χ2v) is 7.62. The van der Waals surface area contributed by atoms with Crippen molar-refractivity contribution >= 4 is 5.69 Å². The predicted octanol–water partition coefficient (Wildman–Crippen LogP) is 4.97. The summed E-state index contributed by atoms with van der Waals surface area (Å²) >= 11 is 0. The van der Waals surface area contributed by atoms with Crippen molar-refractivity contribution in [3.05, 3.63) is 47.5 Å². The minimum atomic E-state index is -4.58. The summed E-state index contributed by atoms with van der Waals surface area (Å²) in [6.45, 7) is 3.59. The molecule has 1 heterocycles. The summed E-state index contributed by atoms with van der Waals surface area (Å²) in [7, 11) is 1.65. The van der Waals surface area contributed by atoms with Crippen molar-refractivity contribution in [2.24, 2.45) is 0 Å². The second-order valence-electron chi connectivity index (χ2n) is 7.62. The van der Waals surface area contributed by atoms with E-state index < -0.39 is 11.7 Å². The van der Waals surface area contributed by atoms with Crippen LogP contribution in [0.25, 0.3) is 0 Å². The van der Waals surface area contributed by atoms with Crippen molar-refractivity contribution in [3.8, 4) is 6.07 Å². The van der Waals surface area contributed by atoms with E-state index in [-0.39, 0.29) is 23.2 Å². The van der Waals surface area contributed by atoms with Crippen LogP contribution in [0.3, 0.4) is 0 Å². The van der Waals surface area contributed by atoms with E-state index in [2.05, 4.69) is 9.55 Å². The zero-order valence-electron chi connectivity index (χ0n) is 17.3. The maximum Gasteiger partial charge on any atom is 0.419 e. The Bertz CT molecular complexity index is 887. The monoisotopic (exact) mass is 420 g/mol. The highest BCUT2D eigenvalue weighted by molar-refractivity contribution is 5.62. The molecule has 0 amide bonds. The number of benzene rings is 1. The van der Waals surface area contributed by atoms with Crippen LogP contribution in [0.1, 0.15) is 55.3 Å². The van der Waals surface area contributed by atoms with Crippen LogP contribution in [0.4, 0.5) is 18.9 Å². The SMILES string of the molecule is CCN(c1cccc(C#N)c1C(F)(F)F)C1CCCC(c2cncn2CCOC)C1. The number of imidazole rings is 1. The van der Waals surface area contributed by atoms with Gasteiger partial charge in [0.1, 0.15) is 0 Å². The maximum atomic E-state index is 13.8. The van der Waals surface area contributed by atoms with Gasteiger partial charge in [0.25, 0.3) is 0 Å². The van der Waals surface area contributed by atoms with Crippen LogP contribution in [0.15, 0.2) is 30.7 Å². The molecular formula is C22H27F3N4O. The van der Waals surface area contributed by atoms with Crippen molar-refractivity contribution in [3.63, 3.8) is 0 Å². The molecule has 0 spiro atoms. The van der Waals surface area contributed by atoms with Crippen LogP contribution >= 0.6 is 0 Å². The van der Waals surface area contributed by atoms with Gasteiger partial charge in [0.2, 0.25) is 0 Å². The molecule has 0 N–H and O–H groups in total. The minimum Gasteiger partial charge on any atom is -0.383 e. The Morgan fingerprint density at radius 2 is 2.13 bits per heavy atom. The van der Waals surface area contributed by atoms with Gasteiger partial charge in [-0.15, -0.1) is 0 Å². The number of alkyl halides is 3. The number of rotatable bonds is 7. The molecule has 30 heavy (non-hydrogen) atoms. The number of hydrogen-bond acceptors (Lipinski definition) is 4. The van der Waals surface area contributed by atoms with E-state index in [1.165, 1.54) is 18.2 Å². The fourth-order valence-corrected chi connectivity index (χ4v) is 4.56. The van der Waals surface area contributed by atoms with Gasteiger partial charge in [0.05, 0.1) is 35.8 Å². The molecule has 1 aliphatic carbocycles. The Kier molecular flexibility index (Phi) is 7.03. The largest absolute Gasteiger partial charge is 0.419 e. The number of halogens is 3. The van der Waals surface area contributed by atoms with Crippen molar-refractivity contribution in [2.45, 2.75) is 57.3 Å². The molecular weight excluding hydrogens is 393 g/mol. The first kappa shape index (κ1) is 22.2. The summed E-state index contributed by atoms with van der Waals surface area (Å²) in [5.41, 5.74) is 0.0438. The van der Waals surface area contributed by atoms with Gasteiger partial charge in [0.15, 0.2) is 0 Å². The summed E-state index contributed by atoms with van der Waals surface area (Å²) in [5, 5.41) is 9.25. The highest BCUT2D eigenvalue weighted by Crippen LogP contribution is 2.42. The zero-order chi connectivity index (χ0) is 21.7. The summed E-state index contributed by atoms with van der Waals surface area (Å²) in [6, 6.07) is 5.93. The fraction of sp³-hybridized carbons (Fsp3) is 0.545. The maximum absolute atomic E-state index is 13.8. The van der Waals surface area contributed by atoms with Gasteiger partial charge in [-0.2, -0.15) is 18.4 Å². The lowest BCUT2D eigenvalue weighted by molar-refractivity contribution is -0.137. The van der Waals surface area contributed by atoms with E-state index in [1.54, 1.807) is 19.5 Å². The van der Waals surface area contributed by atoms with Gasteiger partial charge in [-0.1, -0.05) is 12.5 Å². The average Bonchev–Trinajstić information content (AvgIpc) is 3.20. The first-order valence-electron chi connectivity index (χ1n) is 10.3. The standard InChI is InChI=1S/C22H27F3N4O/c1-3-29(19-9-5-7-17(13-26)21(19)22(23,24)25)18-8-4-6-16(12-18)20-14-27-15-28(20)10-11-30-2/h5,7,9,14-16,18H,3-4,6,8,10-12H2,1-2H3. The van der Waals surface area contributed by atoms with E-state index >= 15 is 0 Å². The summed E-state index contributed by atoms with van der Waals surface area (Å²) < 4.78 is 48.7. The molecule has 162 valence electrons. The normalized spacial score (nSPS) is 19.5. The number of ether oxygens (including phenoxy) is 1. The second kappa shape index (κ2) is 9.52. The van der Waals surface area contributed by atoms with Crippen LogP contribution in [-0.2, 0) is 17.5 Å². The van der Waals surface area contributed by atoms with Crippen molar-refractivity contribution in [1.82, 2.24) is 9.55 Å². The Balaban J connectivity index is 1.90. The number of anilines is 1. The molecule has 0 aliphatic heterocycles. The average molecular weight is 420 g/mol. The summed E-state index contributed by atoms with van der Waals surface area (Å²) in [5.74, 6) is 0.227. The summed E-state index contributed by atoms with van der Waals surface area (Å²) in [4.78, 5) is 6.10. The lowest BCUT2D eigenvalue weighted by Crippen LogP contribution is -2.40. The highest BCUT2D eigenvalue weighted by atomic mass is 19.4. The molecule has 0 saturated heterocycles. The predicted molar refractivity (Wildman–Crippen MR) is 108 cm³/mol. The Labute approximate surface area is 175 Å². The van der Waals surface area contributed by atoms with Crippen LogP contribution in [0.2, 0.25) is 0 Å². The first-order chi connectivity index (χ1) is 14.4. The lowest BCUT2D eigenvalue weighted by Gasteiger charge is -2.39. The number of nitrogens with zero attached hydrogens (tertiary/aromatic N) is 4. The lowest BCUT2D eigenvalue weighted by atomic mass is 9.82. The van der Waals surface area contributed by atoms with Crippen LogP contribution in [-0.4, -0.2) is 35.9 Å². The Hall–Kier alpha value is -2.53. The van der Waals surface area contributed by atoms with Crippen LogP contribution < -0.4 is 4.90 Å². The van der Waals surface area contributed by atoms with Gasteiger partial charge >= 0.3 is 6.18 Å². The highest BCUT2D eigenvalue weighted by Gasteiger charge is 2.39. The van der Waals surface area contributed by atoms with E-state index in [1.807, 2.05) is 18.0 Å². The molecule has 8 heteroatoms. The number of methoxy groups -OCH3 is 1. The molecule has 5 nitrogen and oxygen atoms in total. The molecule has 3 rings (SSSR count). The molecule has 1 aromatic heterocycles. The molecule has 2 unspecified atom stereocenters. The third kappa shape index (κ3) is 4.62.